The normalized spacial score (nSPS) is 14.6. The van der Waals surface area contributed by atoms with Crippen LogP contribution in [0.3, 0.4) is 0 Å². The van der Waals surface area contributed by atoms with E-state index in [4.69, 9.17) is 14.2 Å². The Morgan fingerprint density at radius 1 is 1.22 bits per heavy atom. The fourth-order valence-corrected chi connectivity index (χ4v) is 2.17. The van der Waals surface area contributed by atoms with Crippen LogP contribution < -0.4 is 10.6 Å². The molecule has 0 aromatic rings. The number of esters is 2. The van der Waals surface area contributed by atoms with Gasteiger partial charge < -0.3 is 24.8 Å². The number of nitrogens with one attached hydrogen (secondary N) is 2. The summed E-state index contributed by atoms with van der Waals surface area (Å²) in [7, 11) is 1.32. The number of carbonyl (C=O) groups excluding carboxylic acids is 2. The summed E-state index contributed by atoms with van der Waals surface area (Å²) in [6.45, 7) is 8.20. The highest BCUT2D eigenvalue weighted by molar-refractivity contribution is 5.96. The number of carbonyl (C=O) groups is 2. The molecular formula is C16H26N2O5. The average Bonchev–Trinajstić information content (AvgIpc) is 2.54. The van der Waals surface area contributed by atoms with E-state index in [1.165, 1.54) is 7.11 Å². The molecule has 0 atom stereocenters. The van der Waals surface area contributed by atoms with Crippen molar-refractivity contribution >= 4 is 11.9 Å². The van der Waals surface area contributed by atoms with E-state index in [9.17, 15) is 9.59 Å². The third-order valence-electron chi connectivity index (χ3n) is 3.38. The molecule has 0 fully saturated rings. The van der Waals surface area contributed by atoms with Crippen molar-refractivity contribution in [2.24, 2.45) is 0 Å². The maximum absolute atomic E-state index is 12.1. The Hall–Kier alpha value is -1.86. The van der Waals surface area contributed by atoms with Gasteiger partial charge in [-0.1, -0.05) is 6.92 Å². The van der Waals surface area contributed by atoms with Crippen molar-refractivity contribution in [2.75, 3.05) is 40.0 Å². The first-order chi connectivity index (χ1) is 11.0. The zero-order chi connectivity index (χ0) is 17.2. The number of rotatable bonds is 9. The van der Waals surface area contributed by atoms with E-state index in [1.807, 2.05) is 6.92 Å². The Balaban J connectivity index is 2.82. The second-order valence-electron chi connectivity index (χ2n) is 4.98. The van der Waals surface area contributed by atoms with Crippen molar-refractivity contribution < 1.29 is 23.8 Å². The maximum atomic E-state index is 12.1. The molecule has 2 N–H and O–H groups in total. The SMILES string of the molecule is CCNCCOCC1=C(C(=O)OCC)CC(C(=O)OC)=C(C)N1. The van der Waals surface area contributed by atoms with Crippen LogP contribution in [-0.4, -0.2) is 52.0 Å². The minimum Gasteiger partial charge on any atom is -0.466 e. The number of likely N-dealkylation sites (N-methyl/N-ethyl adjacent to an activating group) is 1. The van der Waals surface area contributed by atoms with Gasteiger partial charge in [0, 0.05) is 18.7 Å². The number of methoxy groups -OCH3 is 1. The van der Waals surface area contributed by atoms with Gasteiger partial charge in [-0.25, -0.2) is 9.59 Å². The maximum Gasteiger partial charge on any atom is 0.336 e. The Labute approximate surface area is 137 Å². The molecule has 1 rings (SSSR count). The summed E-state index contributed by atoms with van der Waals surface area (Å²) in [6, 6.07) is 0. The molecule has 1 aliphatic heterocycles. The van der Waals surface area contributed by atoms with E-state index < -0.39 is 11.9 Å². The molecule has 0 unspecified atom stereocenters. The minimum absolute atomic E-state index is 0.177. The molecule has 130 valence electrons. The van der Waals surface area contributed by atoms with E-state index >= 15 is 0 Å². The average molecular weight is 326 g/mol. The van der Waals surface area contributed by atoms with E-state index in [2.05, 4.69) is 10.6 Å². The lowest BCUT2D eigenvalue weighted by Crippen LogP contribution is -2.30. The van der Waals surface area contributed by atoms with Crippen LogP contribution in [0.1, 0.15) is 27.2 Å². The molecule has 0 amide bonds. The molecule has 0 saturated carbocycles. The van der Waals surface area contributed by atoms with Crippen LogP contribution in [0.4, 0.5) is 0 Å². The second-order valence-corrected chi connectivity index (χ2v) is 4.98. The van der Waals surface area contributed by atoms with Gasteiger partial charge in [0.1, 0.15) is 0 Å². The molecule has 0 spiro atoms. The van der Waals surface area contributed by atoms with E-state index in [0.717, 1.165) is 13.1 Å². The molecule has 0 aliphatic carbocycles. The minimum atomic E-state index is -0.455. The molecule has 0 bridgehead atoms. The summed E-state index contributed by atoms with van der Waals surface area (Å²) < 4.78 is 15.4. The lowest BCUT2D eigenvalue weighted by molar-refractivity contribution is -0.138. The molecule has 0 saturated heterocycles. The van der Waals surface area contributed by atoms with Gasteiger partial charge in [0.25, 0.3) is 0 Å². The fraction of sp³-hybridized carbons (Fsp3) is 0.625. The van der Waals surface area contributed by atoms with E-state index in [1.54, 1.807) is 13.8 Å². The van der Waals surface area contributed by atoms with E-state index in [0.29, 0.717) is 29.1 Å². The van der Waals surface area contributed by atoms with Gasteiger partial charge in [0.05, 0.1) is 43.8 Å². The van der Waals surface area contributed by atoms with Gasteiger partial charge in [-0.2, -0.15) is 0 Å². The topological polar surface area (TPSA) is 85.9 Å². The Kier molecular flexibility index (Phi) is 8.36. The van der Waals surface area contributed by atoms with Crippen molar-refractivity contribution in [3.8, 4) is 0 Å². The smallest absolute Gasteiger partial charge is 0.336 e. The van der Waals surface area contributed by atoms with Crippen LogP contribution in [0.15, 0.2) is 22.5 Å². The molecule has 1 aliphatic rings. The second kappa shape index (κ2) is 10.0. The van der Waals surface area contributed by atoms with E-state index in [-0.39, 0.29) is 19.6 Å². The van der Waals surface area contributed by atoms with Crippen molar-refractivity contribution in [1.29, 1.82) is 0 Å². The van der Waals surface area contributed by atoms with Gasteiger partial charge >= 0.3 is 11.9 Å². The summed E-state index contributed by atoms with van der Waals surface area (Å²) in [6.07, 6.45) is 0.177. The molecule has 7 heteroatoms. The Morgan fingerprint density at radius 2 is 1.96 bits per heavy atom. The third kappa shape index (κ3) is 5.69. The summed E-state index contributed by atoms with van der Waals surface area (Å²) in [5.41, 5.74) is 2.12. The summed E-state index contributed by atoms with van der Waals surface area (Å²) >= 11 is 0. The van der Waals surface area contributed by atoms with Crippen LogP contribution in [-0.2, 0) is 23.8 Å². The van der Waals surface area contributed by atoms with Crippen LogP contribution >= 0.6 is 0 Å². The number of ether oxygens (including phenoxy) is 3. The molecule has 0 radical (unpaired) electrons. The number of dihydropyridines is 1. The first-order valence-corrected chi connectivity index (χ1v) is 7.77. The zero-order valence-corrected chi connectivity index (χ0v) is 14.3. The van der Waals surface area contributed by atoms with Crippen LogP contribution in [0.5, 0.6) is 0 Å². The Morgan fingerprint density at radius 3 is 2.57 bits per heavy atom. The first-order valence-electron chi connectivity index (χ1n) is 7.77. The standard InChI is InChI=1S/C16H26N2O5/c1-5-17-7-8-22-10-14-13(16(20)23-6-2)9-12(11(3)18-14)15(19)21-4/h17-18H,5-10H2,1-4H3. The monoisotopic (exact) mass is 326 g/mol. The summed E-state index contributed by atoms with van der Waals surface area (Å²) in [5, 5.41) is 6.23. The fourth-order valence-electron chi connectivity index (χ4n) is 2.17. The van der Waals surface area contributed by atoms with Crippen molar-refractivity contribution in [1.82, 2.24) is 10.6 Å². The van der Waals surface area contributed by atoms with Crippen molar-refractivity contribution in [2.45, 2.75) is 27.2 Å². The highest BCUT2D eigenvalue weighted by atomic mass is 16.5. The van der Waals surface area contributed by atoms with Gasteiger partial charge in [-0.3, -0.25) is 0 Å². The van der Waals surface area contributed by atoms with Gasteiger partial charge in [-0.15, -0.1) is 0 Å². The highest BCUT2D eigenvalue weighted by Gasteiger charge is 2.28. The molecule has 0 aromatic heterocycles. The van der Waals surface area contributed by atoms with Crippen LogP contribution in [0.2, 0.25) is 0 Å². The number of hydrogen-bond acceptors (Lipinski definition) is 7. The van der Waals surface area contributed by atoms with Crippen LogP contribution in [0, 0.1) is 0 Å². The van der Waals surface area contributed by atoms with Crippen LogP contribution in [0.25, 0.3) is 0 Å². The largest absolute Gasteiger partial charge is 0.466 e. The van der Waals surface area contributed by atoms with Crippen molar-refractivity contribution in [3.05, 3.63) is 22.5 Å². The predicted molar refractivity (Wildman–Crippen MR) is 85.5 cm³/mol. The predicted octanol–water partition coefficient (Wildman–Crippen LogP) is 0.870. The number of allylic oxidation sites excluding steroid dienone is 1. The molecule has 0 aromatic carbocycles. The number of hydrogen-bond donors (Lipinski definition) is 2. The Bertz CT molecular complexity index is 497. The van der Waals surface area contributed by atoms with Crippen molar-refractivity contribution in [3.63, 3.8) is 0 Å². The molecule has 23 heavy (non-hydrogen) atoms. The van der Waals surface area contributed by atoms with Gasteiger partial charge in [0.2, 0.25) is 0 Å². The lowest BCUT2D eigenvalue weighted by Gasteiger charge is -2.24. The summed E-state index contributed by atoms with van der Waals surface area (Å²) in [4.78, 5) is 24.0. The quantitative estimate of drug-likeness (QED) is 0.480. The molecular weight excluding hydrogens is 300 g/mol. The molecule has 7 nitrogen and oxygen atoms in total. The van der Waals surface area contributed by atoms with Gasteiger partial charge in [0.15, 0.2) is 0 Å². The highest BCUT2D eigenvalue weighted by Crippen LogP contribution is 2.25. The molecule has 1 heterocycles. The lowest BCUT2D eigenvalue weighted by atomic mass is 9.98. The summed E-state index contributed by atoms with van der Waals surface area (Å²) in [5.74, 6) is -0.900. The van der Waals surface area contributed by atoms with Gasteiger partial charge in [-0.05, 0) is 20.4 Å². The third-order valence-corrected chi connectivity index (χ3v) is 3.38. The first kappa shape index (κ1) is 19.2. The zero-order valence-electron chi connectivity index (χ0n) is 14.3.